The maximum atomic E-state index is 8.84. The third kappa shape index (κ3) is 2.40. The number of nitriles is 1. The molecule has 2 rings (SSSR count). The van der Waals surface area contributed by atoms with Gasteiger partial charge in [0.15, 0.2) is 0 Å². The van der Waals surface area contributed by atoms with E-state index in [9.17, 15) is 0 Å². The fraction of sp³-hybridized carbons (Fsp3) is 0.500. The van der Waals surface area contributed by atoms with Gasteiger partial charge in [-0.25, -0.2) is 0 Å². The highest BCUT2D eigenvalue weighted by Gasteiger charge is 2.28. The quantitative estimate of drug-likeness (QED) is 0.795. The number of benzene rings is 1. The Morgan fingerprint density at radius 1 is 1.47 bits per heavy atom. The molecule has 1 heterocycles. The predicted octanol–water partition coefficient (Wildman–Crippen LogP) is 3.84. The number of halogens is 1. The standard InChI is InChI=1S/C14H17ClN2/c1-10(2)13-4-3-7-17(13)14-6-5-11(9-16)8-12(14)15/h5-6,8,10,13H,3-4,7H2,1-2H3. The largest absolute Gasteiger partial charge is 0.367 e. The van der Waals surface area contributed by atoms with Gasteiger partial charge >= 0.3 is 0 Å². The molecule has 0 N–H and O–H groups in total. The fourth-order valence-electron chi connectivity index (χ4n) is 2.59. The highest BCUT2D eigenvalue weighted by Crippen LogP contribution is 2.34. The summed E-state index contributed by atoms with van der Waals surface area (Å²) in [6.07, 6.45) is 2.45. The van der Waals surface area contributed by atoms with Crippen LogP contribution >= 0.6 is 11.6 Å². The van der Waals surface area contributed by atoms with Crippen molar-refractivity contribution in [2.24, 2.45) is 5.92 Å². The van der Waals surface area contributed by atoms with Crippen LogP contribution < -0.4 is 4.90 Å². The first-order valence-electron chi connectivity index (χ1n) is 6.09. The zero-order valence-electron chi connectivity index (χ0n) is 10.3. The SMILES string of the molecule is CC(C)C1CCCN1c1ccc(C#N)cc1Cl. The molecule has 1 fully saturated rings. The van der Waals surface area contributed by atoms with E-state index in [2.05, 4.69) is 24.8 Å². The van der Waals surface area contributed by atoms with Crippen molar-refractivity contribution >= 4 is 17.3 Å². The molecular weight excluding hydrogens is 232 g/mol. The van der Waals surface area contributed by atoms with Crippen molar-refractivity contribution in [2.75, 3.05) is 11.4 Å². The third-order valence-corrected chi connectivity index (χ3v) is 3.76. The minimum atomic E-state index is 0.570. The van der Waals surface area contributed by atoms with E-state index in [-0.39, 0.29) is 0 Å². The smallest absolute Gasteiger partial charge is 0.0992 e. The average Bonchev–Trinajstić information content (AvgIpc) is 2.77. The van der Waals surface area contributed by atoms with E-state index < -0.39 is 0 Å². The van der Waals surface area contributed by atoms with E-state index in [0.717, 1.165) is 12.2 Å². The number of rotatable bonds is 2. The Hall–Kier alpha value is -1.20. The molecule has 1 aliphatic rings. The summed E-state index contributed by atoms with van der Waals surface area (Å²) >= 11 is 6.27. The fourth-order valence-corrected chi connectivity index (χ4v) is 2.88. The second-order valence-corrected chi connectivity index (χ2v) is 5.33. The molecule has 0 amide bonds. The molecule has 1 aliphatic heterocycles. The van der Waals surface area contributed by atoms with Crippen LogP contribution in [-0.2, 0) is 0 Å². The van der Waals surface area contributed by atoms with Crippen molar-refractivity contribution in [1.82, 2.24) is 0 Å². The molecule has 90 valence electrons. The van der Waals surface area contributed by atoms with E-state index in [0.29, 0.717) is 22.5 Å². The van der Waals surface area contributed by atoms with Crippen LogP contribution in [0.25, 0.3) is 0 Å². The summed E-state index contributed by atoms with van der Waals surface area (Å²) in [6.45, 7) is 5.57. The van der Waals surface area contributed by atoms with Crippen LogP contribution in [0.5, 0.6) is 0 Å². The molecule has 1 atom stereocenters. The summed E-state index contributed by atoms with van der Waals surface area (Å²) < 4.78 is 0. The van der Waals surface area contributed by atoms with Gasteiger partial charge in [0.2, 0.25) is 0 Å². The second-order valence-electron chi connectivity index (χ2n) is 4.92. The Bertz CT molecular complexity index is 448. The molecule has 17 heavy (non-hydrogen) atoms. The molecular formula is C14H17ClN2. The van der Waals surface area contributed by atoms with Crippen LogP contribution in [0.3, 0.4) is 0 Å². The van der Waals surface area contributed by atoms with Crippen LogP contribution in [-0.4, -0.2) is 12.6 Å². The van der Waals surface area contributed by atoms with E-state index in [1.165, 1.54) is 12.8 Å². The highest BCUT2D eigenvalue weighted by molar-refractivity contribution is 6.33. The summed E-state index contributed by atoms with van der Waals surface area (Å²) in [7, 11) is 0. The average molecular weight is 249 g/mol. The van der Waals surface area contributed by atoms with Crippen LogP contribution in [0, 0.1) is 17.2 Å². The van der Waals surface area contributed by atoms with Gasteiger partial charge in [-0.3, -0.25) is 0 Å². The lowest BCUT2D eigenvalue weighted by Crippen LogP contribution is -2.33. The van der Waals surface area contributed by atoms with Gasteiger partial charge in [0.1, 0.15) is 0 Å². The van der Waals surface area contributed by atoms with Gasteiger partial charge < -0.3 is 4.90 Å². The van der Waals surface area contributed by atoms with Gasteiger partial charge in [-0.15, -0.1) is 0 Å². The molecule has 1 aromatic rings. The zero-order chi connectivity index (χ0) is 12.4. The van der Waals surface area contributed by atoms with Gasteiger partial charge in [-0.05, 0) is 37.0 Å². The monoisotopic (exact) mass is 248 g/mol. The Labute approximate surface area is 108 Å². The molecule has 1 unspecified atom stereocenters. The van der Waals surface area contributed by atoms with E-state index in [1.807, 2.05) is 12.1 Å². The van der Waals surface area contributed by atoms with Crippen LogP contribution in [0.4, 0.5) is 5.69 Å². The van der Waals surface area contributed by atoms with Crippen LogP contribution in [0.1, 0.15) is 32.3 Å². The van der Waals surface area contributed by atoms with Crippen molar-refractivity contribution in [3.8, 4) is 6.07 Å². The van der Waals surface area contributed by atoms with E-state index in [1.54, 1.807) is 6.07 Å². The van der Waals surface area contributed by atoms with Crippen LogP contribution in [0.2, 0.25) is 5.02 Å². The lowest BCUT2D eigenvalue weighted by atomic mass is 10.0. The third-order valence-electron chi connectivity index (χ3n) is 3.45. The summed E-state index contributed by atoms with van der Waals surface area (Å²) in [6, 6.07) is 8.26. The van der Waals surface area contributed by atoms with Crippen molar-refractivity contribution in [2.45, 2.75) is 32.7 Å². The predicted molar refractivity (Wildman–Crippen MR) is 71.4 cm³/mol. The van der Waals surface area contributed by atoms with E-state index in [4.69, 9.17) is 16.9 Å². The zero-order valence-corrected chi connectivity index (χ0v) is 11.0. The summed E-state index contributed by atoms with van der Waals surface area (Å²) in [5, 5.41) is 9.53. The van der Waals surface area contributed by atoms with Crippen molar-refractivity contribution in [3.05, 3.63) is 28.8 Å². The summed E-state index contributed by atoms with van der Waals surface area (Å²) in [4.78, 5) is 2.38. The molecule has 0 saturated carbocycles. The van der Waals surface area contributed by atoms with Gasteiger partial charge in [-0.1, -0.05) is 25.4 Å². The molecule has 1 saturated heterocycles. The minimum Gasteiger partial charge on any atom is -0.367 e. The second kappa shape index (κ2) is 4.98. The maximum Gasteiger partial charge on any atom is 0.0992 e. The number of anilines is 1. The molecule has 0 bridgehead atoms. The lowest BCUT2D eigenvalue weighted by molar-refractivity contribution is 0.492. The first-order chi connectivity index (χ1) is 8.13. The first kappa shape index (κ1) is 12.3. The Balaban J connectivity index is 2.31. The molecule has 0 aromatic heterocycles. The van der Waals surface area contributed by atoms with Crippen molar-refractivity contribution < 1.29 is 0 Å². The van der Waals surface area contributed by atoms with Gasteiger partial charge in [-0.2, -0.15) is 5.26 Å². The Morgan fingerprint density at radius 2 is 2.24 bits per heavy atom. The molecule has 2 nitrogen and oxygen atoms in total. The topological polar surface area (TPSA) is 27.0 Å². The molecule has 3 heteroatoms. The molecule has 1 aromatic carbocycles. The number of hydrogen-bond donors (Lipinski definition) is 0. The van der Waals surface area contributed by atoms with Gasteiger partial charge in [0.25, 0.3) is 0 Å². The van der Waals surface area contributed by atoms with E-state index >= 15 is 0 Å². The number of nitrogens with zero attached hydrogens (tertiary/aromatic N) is 2. The molecule has 0 aliphatic carbocycles. The van der Waals surface area contributed by atoms with Gasteiger partial charge in [0, 0.05) is 12.6 Å². The van der Waals surface area contributed by atoms with Crippen molar-refractivity contribution in [3.63, 3.8) is 0 Å². The molecule has 0 radical (unpaired) electrons. The summed E-state index contributed by atoms with van der Waals surface area (Å²) in [5.41, 5.74) is 1.70. The maximum absolute atomic E-state index is 8.84. The van der Waals surface area contributed by atoms with Crippen LogP contribution in [0.15, 0.2) is 18.2 Å². The normalized spacial score (nSPS) is 19.7. The highest BCUT2D eigenvalue weighted by atomic mass is 35.5. The minimum absolute atomic E-state index is 0.570. The Morgan fingerprint density at radius 3 is 2.82 bits per heavy atom. The van der Waals surface area contributed by atoms with Gasteiger partial charge in [0.05, 0.1) is 22.3 Å². The lowest BCUT2D eigenvalue weighted by Gasteiger charge is -2.30. The molecule has 0 spiro atoms. The number of hydrogen-bond acceptors (Lipinski definition) is 2. The first-order valence-corrected chi connectivity index (χ1v) is 6.47. The van der Waals surface area contributed by atoms with Crippen molar-refractivity contribution in [1.29, 1.82) is 5.26 Å². The Kier molecular flexibility index (Phi) is 3.59. The summed E-state index contributed by atoms with van der Waals surface area (Å²) in [5.74, 6) is 0.629.